The highest BCUT2D eigenvalue weighted by molar-refractivity contribution is 5.79. The van der Waals surface area contributed by atoms with Gasteiger partial charge in [0.05, 0.1) is 12.0 Å². The average Bonchev–Trinajstić information content (AvgIpc) is 2.40. The van der Waals surface area contributed by atoms with E-state index in [2.05, 4.69) is 41.8 Å². The van der Waals surface area contributed by atoms with Crippen LogP contribution in [-0.2, 0) is 4.79 Å². The van der Waals surface area contributed by atoms with Crippen molar-refractivity contribution in [1.82, 2.24) is 10.6 Å². The Morgan fingerprint density at radius 3 is 2.72 bits per heavy atom. The van der Waals surface area contributed by atoms with E-state index in [1.807, 2.05) is 6.92 Å². The number of rotatable bonds is 3. The van der Waals surface area contributed by atoms with Crippen LogP contribution in [-0.4, -0.2) is 19.0 Å². The molecule has 1 saturated heterocycles. The van der Waals surface area contributed by atoms with E-state index in [-0.39, 0.29) is 17.9 Å². The van der Waals surface area contributed by atoms with Crippen molar-refractivity contribution in [2.75, 3.05) is 13.1 Å². The van der Waals surface area contributed by atoms with Gasteiger partial charge in [-0.1, -0.05) is 29.8 Å². The zero-order chi connectivity index (χ0) is 13.0. The van der Waals surface area contributed by atoms with Gasteiger partial charge in [0.2, 0.25) is 5.91 Å². The van der Waals surface area contributed by atoms with Gasteiger partial charge in [0.1, 0.15) is 0 Å². The molecule has 1 aromatic rings. The molecule has 1 amide bonds. The van der Waals surface area contributed by atoms with Crippen molar-refractivity contribution in [3.63, 3.8) is 0 Å². The number of amides is 1. The van der Waals surface area contributed by atoms with Crippen molar-refractivity contribution in [3.8, 4) is 0 Å². The number of benzene rings is 1. The second-order valence-electron chi connectivity index (χ2n) is 5.18. The van der Waals surface area contributed by atoms with Crippen molar-refractivity contribution >= 4 is 5.91 Å². The van der Waals surface area contributed by atoms with Crippen LogP contribution < -0.4 is 10.6 Å². The summed E-state index contributed by atoms with van der Waals surface area (Å²) in [6.45, 7) is 5.96. The van der Waals surface area contributed by atoms with Crippen LogP contribution in [0, 0.1) is 12.8 Å². The fourth-order valence-electron chi connectivity index (χ4n) is 2.35. The van der Waals surface area contributed by atoms with E-state index in [1.165, 1.54) is 5.56 Å². The molecule has 2 rings (SSSR count). The molecule has 3 heteroatoms. The number of hydrogen-bond acceptors (Lipinski definition) is 2. The van der Waals surface area contributed by atoms with E-state index in [1.54, 1.807) is 0 Å². The summed E-state index contributed by atoms with van der Waals surface area (Å²) in [4.78, 5) is 12.1. The van der Waals surface area contributed by atoms with Crippen molar-refractivity contribution in [2.45, 2.75) is 32.7 Å². The molecule has 98 valence electrons. The van der Waals surface area contributed by atoms with E-state index >= 15 is 0 Å². The Kier molecular flexibility index (Phi) is 4.37. The summed E-state index contributed by atoms with van der Waals surface area (Å²) < 4.78 is 0. The Labute approximate surface area is 109 Å². The molecule has 1 aliphatic rings. The smallest absolute Gasteiger partial charge is 0.224 e. The number of carbonyl (C=O) groups excluding carboxylic acids is 1. The third-order valence-electron chi connectivity index (χ3n) is 3.60. The molecule has 0 aliphatic carbocycles. The van der Waals surface area contributed by atoms with Crippen LogP contribution in [0.2, 0.25) is 0 Å². The fraction of sp³-hybridized carbons (Fsp3) is 0.533. The Bertz CT molecular complexity index is 393. The van der Waals surface area contributed by atoms with Crippen molar-refractivity contribution in [3.05, 3.63) is 35.4 Å². The molecule has 1 fully saturated rings. The van der Waals surface area contributed by atoms with E-state index in [9.17, 15) is 4.79 Å². The number of piperidine rings is 1. The van der Waals surface area contributed by atoms with Crippen LogP contribution in [0.15, 0.2) is 24.3 Å². The van der Waals surface area contributed by atoms with Crippen molar-refractivity contribution in [1.29, 1.82) is 0 Å². The van der Waals surface area contributed by atoms with Gasteiger partial charge in [0.15, 0.2) is 0 Å². The lowest BCUT2D eigenvalue weighted by molar-refractivity contribution is -0.126. The number of nitrogens with one attached hydrogen (secondary N) is 2. The maximum absolute atomic E-state index is 12.1. The summed E-state index contributed by atoms with van der Waals surface area (Å²) in [7, 11) is 0. The lowest BCUT2D eigenvalue weighted by Crippen LogP contribution is -2.41. The molecular formula is C15H22N2O. The molecule has 1 aromatic carbocycles. The van der Waals surface area contributed by atoms with Crippen LogP contribution in [0.3, 0.4) is 0 Å². The van der Waals surface area contributed by atoms with Gasteiger partial charge in [0, 0.05) is 6.54 Å². The number of hydrogen-bond donors (Lipinski definition) is 2. The minimum Gasteiger partial charge on any atom is -0.349 e. The summed E-state index contributed by atoms with van der Waals surface area (Å²) in [5.41, 5.74) is 2.41. The highest BCUT2D eigenvalue weighted by atomic mass is 16.1. The molecule has 2 N–H and O–H groups in total. The second-order valence-corrected chi connectivity index (χ2v) is 5.18. The van der Waals surface area contributed by atoms with Crippen LogP contribution in [0.25, 0.3) is 0 Å². The van der Waals surface area contributed by atoms with E-state index in [4.69, 9.17) is 0 Å². The lowest BCUT2D eigenvalue weighted by atomic mass is 9.98. The summed E-state index contributed by atoms with van der Waals surface area (Å²) in [5, 5.41) is 6.38. The lowest BCUT2D eigenvalue weighted by Gasteiger charge is -2.24. The first-order valence-corrected chi connectivity index (χ1v) is 6.74. The molecule has 2 atom stereocenters. The highest BCUT2D eigenvalue weighted by Gasteiger charge is 2.22. The molecule has 0 aromatic heterocycles. The molecule has 1 aliphatic heterocycles. The molecule has 0 saturated carbocycles. The van der Waals surface area contributed by atoms with Gasteiger partial charge in [0.25, 0.3) is 0 Å². The number of carbonyl (C=O) groups is 1. The molecule has 0 bridgehead atoms. The standard InChI is InChI=1S/C15H22N2O/c1-11-5-7-13(8-6-11)12(2)17-15(18)14-4-3-9-16-10-14/h5-8,12,14,16H,3-4,9-10H2,1-2H3,(H,17,18)/t12?,14-/m1/s1. The van der Waals surface area contributed by atoms with Gasteiger partial charge in [-0.05, 0) is 38.8 Å². The Hall–Kier alpha value is -1.35. The molecule has 1 unspecified atom stereocenters. The summed E-state index contributed by atoms with van der Waals surface area (Å²) in [6, 6.07) is 8.42. The average molecular weight is 246 g/mol. The van der Waals surface area contributed by atoms with Crippen LogP contribution in [0.5, 0.6) is 0 Å². The van der Waals surface area contributed by atoms with Gasteiger partial charge in [-0.3, -0.25) is 4.79 Å². The largest absolute Gasteiger partial charge is 0.349 e. The summed E-state index contributed by atoms with van der Waals surface area (Å²) >= 11 is 0. The summed E-state index contributed by atoms with van der Waals surface area (Å²) in [6.07, 6.45) is 2.09. The van der Waals surface area contributed by atoms with Gasteiger partial charge in [-0.25, -0.2) is 0 Å². The maximum atomic E-state index is 12.1. The Balaban J connectivity index is 1.91. The first-order valence-electron chi connectivity index (χ1n) is 6.74. The predicted octanol–water partition coefficient (Wildman–Crippen LogP) is 2.17. The van der Waals surface area contributed by atoms with E-state index in [0.29, 0.717) is 0 Å². The zero-order valence-electron chi connectivity index (χ0n) is 11.2. The maximum Gasteiger partial charge on any atom is 0.224 e. The third kappa shape index (κ3) is 3.33. The minimum atomic E-state index is 0.0834. The zero-order valence-corrected chi connectivity index (χ0v) is 11.2. The Morgan fingerprint density at radius 2 is 2.11 bits per heavy atom. The fourth-order valence-corrected chi connectivity index (χ4v) is 2.35. The summed E-state index contributed by atoms with van der Waals surface area (Å²) in [5.74, 6) is 0.307. The molecule has 3 nitrogen and oxygen atoms in total. The Morgan fingerprint density at radius 1 is 1.39 bits per heavy atom. The van der Waals surface area contributed by atoms with Gasteiger partial charge in [-0.15, -0.1) is 0 Å². The van der Waals surface area contributed by atoms with Gasteiger partial charge in [-0.2, -0.15) is 0 Å². The normalized spacial score (nSPS) is 21.3. The van der Waals surface area contributed by atoms with Crippen molar-refractivity contribution in [2.24, 2.45) is 5.92 Å². The quantitative estimate of drug-likeness (QED) is 0.858. The topological polar surface area (TPSA) is 41.1 Å². The van der Waals surface area contributed by atoms with E-state index < -0.39 is 0 Å². The van der Waals surface area contributed by atoms with Gasteiger partial charge < -0.3 is 10.6 Å². The molecule has 0 spiro atoms. The van der Waals surface area contributed by atoms with Crippen molar-refractivity contribution < 1.29 is 4.79 Å². The molecule has 18 heavy (non-hydrogen) atoms. The van der Waals surface area contributed by atoms with Crippen LogP contribution in [0.1, 0.15) is 36.9 Å². The van der Waals surface area contributed by atoms with Gasteiger partial charge >= 0.3 is 0 Å². The molecular weight excluding hydrogens is 224 g/mol. The van der Waals surface area contributed by atoms with Crippen LogP contribution >= 0.6 is 0 Å². The molecule has 0 radical (unpaired) electrons. The van der Waals surface area contributed by atoms with E-state index in [0.717, 1.165) is 31.5 Å². The first kappa shape index (κ1) is 13.1. The first-order chi connectivity index (χ1) is 8.66. The van der Waals surface area contributed by atoms with Crippen LogP contribution in [0.4, 0.5) is 0 Å². The second kappa shape index (κ2) is 6.01. The highest BCUT2D eigenvalue weighted by Crippen LogP contribution is 2.16. The minimum absolute atomic E-state index is 0.0834. The monoisotopic (exact) mass is 246 g/mol. The SMILES string of the molecule is Cc1ccc(C(C)NC(=O)[C@@H]2CCCNC2)cc1. The third-order valence-corrected chi connectivity index (χ3v) is 3.60. The number of aryl methyl sites for hydroxylation is 1. The molecule has 1 heterocycles. The predicted molar refractivity (Wildman–Crippen MR) is 73.3 cm³/mol.